The van der Waals surface area contributed by atoms with Crippen LogP contribution in [0, 0.1) is 0 Å². The number of nitrogens with one attached hydrogen (secondary N) is 1. The van der Waals surface area contributed by atoms with E-state index in [4.69, 9.17) is 9.84 Å². The van der Waals surface area contributed by atoms with Gasteiger partial charge >= 0.3 is 5.97 Å². The third-order valence-corrected chi connectivity index (χ3v) is 1.66. The standard InChI is InChI=1S/C8H7N3O3/c12-7(13)4-14-6-3-1-2-5-8(6)10-11-9-5/h1-3H,4H2,(H,12,13)(H,9,10,11). The van der Waals surface area contributed by atoms with Gasteiger partial charge < -0.3 is 9.84 Å². The Balaban J connectivity index is 2.32. The average molecular weight is 193 g/mol. The molecule has 2 rings (SSSR count). The molecule has 0 spiro atoms. The van der Waals surface area contributed by atoms with Gasteiger partial charge in [0.05, 0.1) is 0 Å². The minimum absolute atomic E-state index is 0.383. The van der Waals surface area contributed by atoms with Crippen LogP contribution in [-0.2, 0) is 4.79 Å². The Hall–Kier alpha value is -2.11. The number of H-pyrrole nitrogens is 1. The van der Waals surface area contributed by atoms with Crippen molar-refractivity contribution in [2.75, 3.05) is 6.61 Å². The Labute approximate surface area is 78.5 Å². The van der Waals surface area contributed by atoms with E-state index in [1.54, 1.807) is 18.2 Å². The van der Waals surface area contributed by atoms with E-state index in [2.05, 4.69) is 15.4 Å². The second-order valence-corrected chi connectivity index (χ2v) is 2.63. The molecule has 0 unspecified atom stereocenters. The van der Waals surface area contributed by atoms with Gasteiger partial charge in [-0.3, -0.25) is 0 Å². The van der Waals surface area contributed by atoms with Crippen molar-refractivity contribution in [3.8, 4) is 5.75 Å². The van der Waals surface area contributed by atoms with Gasteiger partial charge in [-0.2, -0.15) is 15.4 Å². The molecule has 0 amide bonds. The lowest BCUT2D eigenvalue weighted by Crippen LogP contribution is -2.09. The Bertz CT molecular complexity index is 466. The number of para-hydroxylation sites is 1. The van der Waals surface area contributed by atoms with Crippen molar-refractivity contribution in [3.63, 3.8) is 0 Å². The Morgan fingerprint density at radius 3 is 3.14 bits per heavy atom. The van der Waals surface area contributed by atoms with Gasteiger partial charge in [0.15, 0.2) is 12.1 Å². The van der Waals surface area contributed by atoms with Gasteiger partial charge in [-0.25, -0.2) is 4.79 Å². The molecule has 0 fully saturated rings. The monoisotopic (exact) mass is 193 g/mol. The number of benzene rings is 1. The summed E-state index contributed by atoms with van der Waals surface area (Å²) in [5.74, 6) is -0.607. The van der Waals surface area contributed by atoms with Crippen molar-refractivity contribution in [2.24, 2.45) is 0 Å². The molecule has 0 radical (unpaired) electrons. The average Bonchev–Trinajstić information content (AvgIpc) is 2.62. The SMILES string of the molecule is O=C(O)COc1cccc2n[nH]nc12. The number of nitrogens with zero attached hydrogens (tertiary/aromatic N) is 2. The van der Waals surface area contributed by atoms with Crippen LogP contribution in [0.25, 0.3) is 11.0 Å². The molecular weight excluding hydrogens is 186 g/mol. The minimum atomic E-state index is -1.02. The zero-order chi connectivity index (χ0) is 9.97. The predicted octanol–water partition coefficient (Wildman–Crippen LogP) is 0.421. The smallest absolute Gasteiger partial charge is 0.341 e. The predicted molar refractivity (Wildman–Crippen MR) is 47.0 cm³/mol. The molecule has 1 aromatic carbocycles. The first-order chi connectivity index (χ1) is 6.77. The molecule has 2 N–H and O–H groups in total. The molecule has 0 aliphatic rings. The van der Waals surface area contributed by atoms with Crippen LogP contribution in [0.4, 0.5) is 0 Å². The lowest BCUT2D eigenvalue weighted by atomic mass is 10.3. The Kier molecular flexibility index (Phi) is 2.02. The molecule has 0 aliphatic heterocycles. The number of carbonyl (C=O) groups is 1. The molecule has 0 aliphatic carbocycles. The highest BCUT2D eigenvalue weighted by Gasteiger charge is 2.06. The summed E-state index contributed by atoms with van der Waals surface area (Å²) in [6.07, 6.45) is 0. The maximum absolute atomic E-state index is 10.3. The molecule has 0 bridgehead atoms. The first-order valence-corrected chi connectivity index (χ1v) is 3.91. The van der Waals surface area contributed by atoms with Crippen LogP contribution in [0.2, 0.25) is 0 Å². The van der Waals surface area contributed by atoms with E-state index < -0.39 is 5.97 Å². The van der Waals surface area contributed by atoms with E-state index in [9.17, 15) is 4.79 Å². The summed E-state index contributed by atoms with van der Waals surface area (Å²) in [6, 6.07) is 5.13. The molecule has 1 heterocycles. The van der Waals surface area contributed by atoms with E-state index in [0.717, 1.165) is 0 Å². The number of aromatic nitrogens is 3. The van der Waals surface area contributed by atoms with E-state index in [1.165, 1.54) is 0 Å². The molecule has 2 aromatic rings. The lowest BCUT2D eigenvalue weighted by molar-refractivity contribution is -0.139. The van der Waals surface area contributed by atoms with E-state index in [1.807, 2.05) is 0 Å². The van der Waals surface area contributed by atoms with Crippen molar-refractivity contribution < 1.29 is 14.6 Å². The molecule has 0 atom stereocenters. The van der Waals surface area contributed by atoms with Crippen LogP contribution < -0.4 is 4.74 Å². The zero-order valence-electron chi connectivity index (χ0n) is 7.10. The fourth-order valence-electron chi connectivity index (χ4n) is 1.10. The van der Waals surface area contributed by atoms with Gasteiger partial charge in [0, 0.05) is 0 Å². The largest absolute Gasteiger partial charge is 0.479 e. The van der Waals surface area contributed by atoms with Crippen molar-refractivity contribution in [1.29, 1.82) is 0 Å². The number of rotatable bonds is 3. The van der Waals surface area contributed by atoms with Crippen LogP contribution in [0.1, 0.15) is 0 Å². The number of hydrogen-bond acceptors (Lipinski definition) is 4. The summed E-state index contributed by atoms with van der Waals surface area (Å²) in [4.78, 5) is 10.3. The van der Waals surface area contributed by atoms with Gasteiger partial charge in [-0.15, -0.1) is 0 Å². The normalized spacial score (nSPS) is 10.3. The number of aliphatic carboxylic acids is 1. The number of hydrogen-bond donors (Lipinski definition) is 2. The van der Waals surface area contributed by atoms with Crippen molar-refractivity contribution in [2.45, 2.75) is 0 Å². The summed E-state index contributed by atoms with van der Waals surface area (Å²) in [6.45, 7) is -0.383. The van der Waals surface area contributed by atoms with Gasteiger partial charge in [-0.1, -0.05) is 6.07 Å². The number of carboxylic acid groups (broad SMARTS) is 1. The summed E-state index contributed by atoms with van der Waals surface area (Å²) in [5, 5.41) is 18.6. The van der Waals surface area contributed by atoms with Crippen LogP contribution in [-0.4, -0.2) is 33.1 Å². The van der Waals surface area contributed by atoms with Crippen LogP contribution in [0.3, 0.4) is 0 Å². The molecular formula is C8H7N3O3. The second kappa shape index (κ2) is 3.33. The van der Waals surface area contributed by atoms with Crippen molar-refractivity contribution in [3.05, 3.63) is 18.2 Å². The van der Waals surface area contributed by atoms with E-state index in [-0.39, 0.29) is 6.61 Å². The first-order valence-electron chi connectivity index (χ1n) is 3.91. The van der Waals surface area contributed by atoms with Gasteiger partial charge in [-0.05, 0) is 12.1 Å². The van der Waals surface area contributed by atoms with Crippen LogP contribution >= 0.6 is 0 Å². The second-order valence-electron chi connectivity index (χ2n) is 2.63. The Morgan fingerprint density at radius 1 is 1.50 bits per heavy atom. The highest BCUT2D eigenvalue weighted by molar-refractivity contribution is 5.80. The molecule has 0 saturated carbocycles. The van der Waals surface area contributed by atoms with Crippen LogP contribution in [0.15, 0.2) is 18.2 Å². The molecule has 14 heavy (non-hydrogen) atoms. The summed E-state index contributed by atoms with van der Waals surface area (Å²) >= 11 is 0. The fraction of sp³-hybridized carbons (Fsp3) is 0.125. The quantitative estimate of drug-likeness (QED) is 0.737. The van der Waals surface area contributed by atoms with E-state index >= 15 is 0 Å². The van der Waals surface area contributed by atoms with Crippen LogP contribution in [0.5, 0.6) is 5.75 Å². The third kappa shape index (κ3) is 1.49. The Morgan fingerprint density at radius 2 is 2.36 bits per heavy atom. The van der Waals surface area contributed by atoms with Crippen molar-refractivity contribution in [1.82, 2.24) is 15.4 Å². The number of ether oxygens (including phenoxy) is 1. The fourth-order valence-corrected chi connectivity index (χ4v) is 1.10. The molecule has 0 saturated heterocycles. The molecule has 72 valence electrons. The van der Waals surface area contributed by atoms with Gasteiger partial charge in [0.1, 0.15) is 11.3 Å². The number of aromatic amines is 1. The highest BCUT2D eigenvalue weighted by Crippen LogP contribution is 2.20. The third-order valence-electron chi connectivity index (χ3n) is 1.66. The maximum atomic E-state index is 10.3. The summed E-state index contributed by atoms with van der Waals surface area (Å²) < 4.78 is 5.02. The van der Waals surface area contributed by atoms with Gasteiger partial charge in [0.25, 0.3) is 0 Å². The highest BCUT2D eigenvalue weighted by atomic mass is 16.5. The van der Waals surface area contributed by atoms with E-state index in [0.29, 0.717) is 16.8 Å². The molecule has 6 nitrogen and oxygen atoms in total. The summed E-state index contributed by atoms with van der Waals surface area (Å²) in [7, 11) is 0. The lowest BCUT2D eigenvalue weighted by Gasteiger charge is -2.01. The number of fused-ring (bicyclic) bond motifs is 1. The zero-order valence-corrected chi connectivity index (χ0v) is 7.10. The minimum Gasteiger partial charge on any atom is -0.479 e. The first kappa shape index (κ1) is 8.49. The molecule has 6 heteroatoms. The number of carboxylic acids is 1. The topological polar surface area (TPSA) is 88.1 Å². The molecule has 1 aromatic heterocycles. The van der Waals surface area contributed by atoms with Gasteiger partial charge in [0.2, 0.25) is 0 Å². The van der Waals surface area contributed by atoms with Crippen molar-refractivity contribution >= 4 is 17.0 Å². The summed E-state index contributed by atoms with van der Waals surface area (Å²) in [5.41, 5.74) is 1.18. The maximum Gasteiger partial charge on any atom is 0.341 e.